The fourth-order valence-corrected chi connectivity index (χ4v) is 4.42. The van der Waals surface area contributed by atoms with Gasteiger partial charge in [-0.1, -0.05) is 18.2 Å². The van der Waals surface area contributed by atoms with Crippen molar-refractivity contribution in [2.24, 2.45) is 0 Å². The quantitative estimate of drug-likeness (QED) is 0.601. The maximum atomic E-state index is 12.7. The van der Waals surface area contributed by atoms with Crippen molar-refractivity contribution in [2.45, 2.75) is 58.8 Å². The second kappa shape index (κ2) is 10.4. The maximum absolute atomic E-state index is 12.7. The summed E-state index contributed by atoms with van der Waals surface area (Å²) in [6.07, 6.45) is 1.30. The first-order valence-electron chi connectivity index (χ1n) is 11.5. The topological polar surface area (TPSA) is 81.2 Å². The average Bonchev–Trinajstić information content (AvgIpc) is 2.77. The monoisotopic (exact) mass is 469 g/mol. The minimum absolute atomic E-state index is 0.0156. The van der Waals surface area contributed by atoms with Crippen molar-refractivity contribution in [3.05, 3.63) is 47.8 Å². The third-order valence-corrected chi connectivity index (χ3v) is 5.78. The highest BCUT2D eigenvalue weighted by Gasteiger charge is 2.35. The molecule has 1 aliphatic heterocycles. The van der Waals surface area contributed by atoms with Gasteiger partial charge >= 0.3 is 12.1 Å². The zero-order valence-electron chi connectivity index (χ0n) is 21.1. The van der Waals surface area contributed by atoms with Gasteiger partial charge < -0.3 is 19.1 Å². The molecule has 2 heterocycles. The predicted octanol–water partition coefficient (Wildman–Crippen LogP) is 4.37. The molecule has 1 fully saturated rings. The van der Waals surface area contributed by atoms with Crippen molar-refractivity contribution >= 4 is 12.1 Å². The molecule has 8 heteroatoms. The minimum atomic E-state index is -0.523. The molecule has 2 aromatic rings. The lowest BCUT2D eigenvalue weighted by atomic mass is 10.0. The highest BCUT2D eigenvalue weighted by Crippen LogP contribution is 2.31. The van der Waals surface area contributed by atoms with Crippen molar-refractivity contribution in [1.29, 1.82) is 0 Å². The van der Waals surface area contributed by atoms with E-state index in [0.29, 0.717) is 12.1 Å². The number of esters is 1. The summed E-state index contributed by atoms with van der Waals surface area (Å²) < 4.78 is 16.2. The van der Waals surface area contributed by atoms with E-state index in [-0.39, 0.29) is 23.9 Å². The van der Waals surface area contributed by atoms with Crippen LogP contribution in [-0.4, -0.2) is 71.8 Å². The van der Waals surface area contributed by atoms with Gasteiger partial charge in [-0.05, 0) is 52.3 Å². The molecule has 2 atom stereocenters. The Morgan fingerprint density at radius 3 is 2.35 bits per heavy atom. The van der Waals surface area contributed by atoms with Crippen LogP contribution in [0, 0.1) is 0 Å². The summed E-state index contributed by atoms with van der Waals surface area (Å²) in [5.41, 5.74) is 2.28. The van der Waals surface area contributed by atoms with Crippen molar-refractivity contribution in [3.8, 4) is 16.9 Å². The van der Waals surface area contributed by atoms with E-state index < -0.39 is 11.6 Å². The van der Waals surface area contributed by atoms with Crippen LogP contribution in [-0.2, 0) is 16.0 Å². The highest BCUT2D eigenvalue weighted by molar-refractivity contribution is 5.95. The van der Waals surface area contributed by atoms with Crippen LogP contribution in [0.2, 0.25) is 0 Å². The van der Waals surface area contributed by atoms with E-state index in [1.54, 1.807) is 19.4 Å². The van der Waals surface area contributed by atoms with Crippen LogP contribution in [0.1, 0.15) is 50.7 Å². The molecule has 0 saturated carbocycles. The van der Waals surface area contributed by atoms with E-state index in [1.807, 2.05) is 63.8 Å². The van der Waals surface area contributed by atoms with E-state index in [0.717, 1.165) is 30.0 Å². The van der Waals surface area contributed by atoms with Gasteiger partial charge in [0, 0.05) is 49.0 Å². The molecule has 1 aromatic carbocycles. The third kappa shape index (κ3) is 5.86. The largest absolute Gasteiger partial charge is 0.496 e. The van der Waals surface area contributed by atoms with Crippen molar-refractivity contribution < 1.29 is 23.8 Å². The van der Waals surface area contributed by atoms with E-state index in [2.05, 4.69) is 9.88 Å². The van der Waals surface area contributed by atoms with Gasteiger partial charge in [0.15, 0.2) is 5.69 Å². The van der Waals surface area contributed by atoms with Crippen LogP contribution < -0.4 is 4.74 Å². The first-order chi connectivity index (χ1) is 16.0. The van der Waals surface area contributed by atoms with Gasteiger partial charge in [-0.3, -0.25) is 4.90 Å². The summed E-state index contributed by atoms with van der Waals surface area (Å²) in [5, 5.41) is 0. The van der Waals surface area contributed by atoms with Crippen LogP contribution in [0.5, 0.6) is 5.75 Å². The first kappa shape index (κ1) is 25.5. The van der Waals surface area contributed by atoms with Gasteiger partial charge in [-0.15, -0.1) is 0 Å². The average molecular weight is 470 g/mol. The van der Waals surface area contributed by atoms with Crippen LogP contribution in [0.4, 0.5) is 4.79 Å². The van der Waals surface area contributed by atoms with Gasteiger partial charge in [-0.2, -0.15) is 0 Å². The molecule has 0 bridgehead atoms. The van der Waals surface area contributed by atoms with Gasteiger partial charge in [-0.25, -0.2) is 14.6 Å². The Kier molecular flexibility index (Phi) is 7.82. The number of benzene rings is 1. The zero-order valence-corrected chi connectivity index (χ0v) is 21.1. The smallest absolute Gasteiger partial charge is 0.410 e. The van der Waals surface area contributed by atoms with Crippen LogP contribution in [0.25, 0.3) is 11.1 Å². The van der Waals surface area contributed by atoms with E-state index in [4.69, 9.17) is 14.2 Å². The summed E-state index contributed by atoms with van der Waals surface area (Å²) in [7, 11) is 2.98. The third-order valence-electron chi connectivity index (χ3n) is 5.78. The summed E-state index contributed by atoms with van der Waals surface area (Å²) in [6.45, 7) is 11.9. The fraction of sp³-hybridized carbons (Fsp3) is 0.500. The summed E-state index contributed by atoms with van der Waals surface area (Å²) in [4.78, 5) is 33.2. The number of hydrogen-bond donors (Lipinski definition) is 0. The number of amides is 1. The number of methoxy groups -OCH3 is 2. The van der Waals surface area contributed by atoms with E-state index in [1.165, 1.54) is 7.11 Å². The van der Waals surface area contributed by atoms with Crippen LogP contribution >= 0.6 is 0 Å². The van der Waals surface area contributed by atoms with Gasteiger partial charge in [0.25, 0.3) is 0 Å². The molecule has 0 spiro atoms. The molecule has 1 saturated heterocycles. The number of piperazine rings is 1. The fourth-order valence-electron chi connectivity index (χ4n) is 4.42. The molecule has 3 rings (SSSR count). The number of carbonyl (C=O) groups is 2. The first-order valence-corrected chi connectivity index (χ1v) is 11.5. The molecule has 8 nitrogen and oxygen atoms in total. The second-order valence-electron chi connectivity index (χ2n) is 9.70. The Balaban J connectivity index is 1.78. The molecule has 1 aromatic heterocycles. The lowest BCUT2D eigenvalue weighted by Crippen LogP contribution is -2.59. The second-order valence-corrected chi connectivity index (χ2v) is 9.70. The maximum Gasteiger partial charge on any atom is 0.410 e. The lowest BCUT2D eigenvalue weighted by molar-refractivity contribution is -0.0163. The Labute approximate surface area is 201 Å². The molecule has 1 unspecified atom stereocenters. The number of hydrogen-bond acceptors (Lipinski definition) is 7. The number of carbonyl (C=O) groups excluding carboxylic acids is 2. The predicted molar refractivity (Wildman–Crippen MR) is 130 cm³/mol. The SMILES string of the molecule is COC(=O)c1ncccc1-c1ccc(CN2CC(C)N(C(=O)OC(C)(C)C)[C@@H](C)C2)c(OC)c1. The molecular weight excluding hydrogens is 434 g/mol. The van der Waals surface area contributed by atoms with Crippen LogP contribution in [0.3, 0.4) is 0 Å². The Morgan fingerprint density at radius 2 is 1.76 bits per heavy atom. The Bertz CT molecular complexity index is 1020. The molecule has 34 heavy (non-hydrogen) atoms. The Hall–Kier alpha value is -3.13. The molecule has 1 amide bonds. The number of pyridine rings is 1. The van der Waals surface area contributed by atoms with Crippen molar-refractivity contribution in [3.63, 3.8) is 0 Å². The van der Waals surface area contributed by atoms with Gasteiger partial charge in [0.2, 0.25) is 0 Å². The summed E-state index contributed by atoms with van der Waals surface area (Å²) in [6, 6.07) is 9.55. The summed E-state index contributed by atoms with van der Waals surface area (Å²) >= 11 is 0. The van der Waals surface area contributed by atoms with Crippen molar-refractivity contribution in [2.75, 3.05) is 27.3 Å². The molecule has 0 radical (unpaired) electrons. The molecule has 0 N–H and O–H groups in total. The standard InChI is InChI=1S/C26H35N3O5/c1-17-14-28(15-18(2)29(17)25(31)34-26(3,4)5)16-20-11-10-19(13-22(20)32-6)21-9-8-12-27-23(21)24(30)33-7/h8-13,17-18H,14-16H2,1-7H3/t17-,18?/m0/s1. The number of rotatable bonds is 5. The van der Waals surface area contributed by atoms with E-state index >= 15 is 0 Å². The Morgan fingerprint density at radius 1 is 1.09 bits per heavy atom. The number of aromatic nitrogens is 1. The van der Waals surface area contributed by atoms with Gasteiger partial charge in [0.05, 0.1) is 14.2 Å². The normalized spacial score (nSPS) is 19.0. The van der Waals surface area contributed by atoms with E-state index in [9.17, 15) is 9.59 Å². The minimum Gasteiger partial charge on any atom is -0.496 e. The zero-order chi connectivity index (χ0) is 25.0. The molecule has 0 aliphatic carbocycles. The van der Waals surface area contributed by atoms with Crippen molar-refractivity contribution in [1.82, 2.24) is 14.8 Å². The lowest BCUT2D eigenvalue weighted by Gasteiger charge is -2.44. The molecular formula is C26H35N3O5. The number of nitrogens with zero attached hydrogens (tertiary/aromatic N) is 3. The molecule has 184 valence electrons. The van der Waals surface area contributed by atoms with Gasteiger partial charge in [0.1, 0.15) is 11.4 Å². The highest BCUT2D eigenvalue weighted by atomic mass is 16.6. The van der Waals surface area contributed by atoms with Crippen LogP contribution in [0.15, 0.2) is 36.5 Å². The number of ether oxygens (including phenoxy) is 3. The molecule has 1 aliphatic rings. The summed E-state index contributed by atoms with van der Waals surface area (Å²) in [5.74, 6) is 0.247.